The first-order chi connectivity index (χ1) is 13.3. The first-order valence-corrected chi connectivity index (χ1v) is 7.94. The van der Waals surface area contributed by atoms with E-state index in [0.717, 1.165) is 10.6 Å². The Morgan fingerprint density at radius 3 is 2.64 bits per heavy atom. The molecule has 0 atom stereocenters. The van der Waals surface area contributed by atoms with Gasteiger partial charge in [0.2, 0.25) is 0 Å². The molecule has 2 N–H and O–H groups in total. The highest BCUT2D eigenvalue weighted by Gasteiger charge is 2.32. The molecule has 0 unspecified atom stereocenters. The molecule has 0 radical (unpaired) electrons. The van der Waals surface area contributed by atoms with Gasteiger partial charge in [0.25, 0.3) is 0 Å². The largest absolute Gasteiger partial charge is 0.573 e. The molecule has 28 heavy (non-hydrogen) atoms. The molecule has 0 bridgehead atoms. The summed E-state index contributed by atoms with van der Waals surface area (Å²) in [6, 6.07) is 11.4. The van der Waals surface area contributed by atoms with Crippen molar-refractivity contribution in [3.63, 3.8) is 0 Å². The van der Waals surface area contributed by atoms with Crippen LogP contribution >= 0.6 is 0 Å². The van der Waals surface area contributed by atoms with Crippen LogP contribution in [0.15, 0.2) is 59.5 Å². The zero-order valence-electron chi connectivity index (χ0n) is 13.9. The molecule has 4 rings (SSSR count). The van der Waals surface area contributed by atoms with Crippen LogP contribution in [-0.4, -0.2) is 31.0 Å². The third-order valence-electron chi connectivity index (χ3n) is 3.86. The molecule has 0 amide bonds. The molecule has 0 aliphatic heterocycles. The third kappa shape index (κ3) is 3.27. The van der Waals surface area contributed by atoms with Gasteiger partial charge in [-0.15, -0.1) is 13.2 Å². The predicted molar refractivity (Wildman–Crippen MR) is 93.3 cm³/mol. The molecule has 0 saturated heterocycles. The van der Waals surface area contributed by atoms with Crippen LogP contribution in [0.25, 0.3) is 28.2 Å². The number of hydrogen-bond donors (Lipinski definition) is 2. The van der Waals surface area contributed by atoms with Gasteiger partial charge >= 0.3 is 12.1 Å². The molecular weight excluding hydrogens is 377 g/mol. The zero-order valence-corrected chi connectivity index (χ0v) is 13.9. The number of halogens is 3. The Bertz CT molecular complexity index is 1230. The second-order valence-electron chi connectivity index (χ2n) is 5.76. The zero-order chi connectivity index (χ0) is 19.9. The Hall–Kier alpha value is -3.82. The van der Waals surface area contributed by atoms with Crippen molar-refractivity contribution in [2.75, 3.05) is 0 Å². The average molecular weight is 388 g/mol. The maximum absolute atomic E-state index is 12.7. The molecule has 0 saturated carbocycles. The Morgan fingerprint density at radius 1 is 1.11 bits per heavy atom. The maximum Gasteiger partial charge on any atom is 0.573 e. The summed E-state index contributed by atoms with van der Waals surface area (Å²) in [5.74, 6) is -0.363. The summed E-state index contributed by atoms with van der Waals surface area (Å²) in [7, 11) is 0. The van der Waals surface area contributed by atoms with Crippen molar-refractivity contribution in [3.05, 3.63) is 65.2 Å². The minimum absolute atomic E-state index is 0.00317. The first kappa shape index (κ1) is 17.6. The normalized spacial score (nSPS) is 11.7. The lowest BCUT2D eigenvalue weighted by atomic mass is 10.2. The van der Waals surface area contributed by atoms with E-state index in [0.29, 0.717) is 5.56 Å². The van der Waals surface area contributed by atoms with Gasteiger partial charge in [-0.1, -0.05) is 24.3 Å². The van der Waals surface area contributed by atoms with E-state index in [1.54, 1.807) is 12.1 Å². The molecule has 142 valence electrons. The highest BCUT2D eigenvalue weighted by atomic mass is 19.4. The fourth-order valence-corrected chi connectivity index (χ4v) is 2.76. The highest BCUT2D eigenvalue weighted by molar-refractivity contribution is 5.75. The number of phenols is 1. The van der Waals surface area contributed by atoms with Crippen molar-refractivity contribution in [3.8, 4) is 28.6 Å². The number of para-hydroxylation sites is 2. The maximum atomic E-state index is 12.7. The summed E-state index contributed by atoms with van der Waals surface area (Å²) >= 11 is 0. The fourth-order valence-electron chi connectivity index (χ4n) is 2.76. The van der Waals surface area contributed by atoms with Crippen LogP contribution in [0.1, 0.15) is 0 Å². The molecule has 2 aromatic carbocycles. The van der Waals surface area contributed by atoms with Gasteiger partial charge in [-0.3, -0.25) is 0 Å². The van der Waals surface area contributed by atoms with E-state index in [9.17, 15) is 23.1 Å². The van der Waals surface area contributed by atoms with Gasteiger partial charge in [-0.2, -0.15) is 0 Å². The predicted octanol–water partition coefficient (Wildman–Crippen LogP) is 3.38. The van der Waals surface area contributed by atoms with Crippen molar-refractivity contribution in [2.45, 2.75) is 6.36 Å². The molecule has 4 aromatic rings. The Labute approximate surface area is 154 Å². The van der Waals surface area contributed by atoms with E-state index in [-0.39, 0.29) is 28.4 Å². The van der Waals surface area contributed by atoms with Crippen LogP contribution in [-0.2, 0) is 0 Å². The van der Waals surface area contributed by atoms with Gasteiger partial charge in [-0.05, 0) is 24.3 Å². The van der Waals surface area contributed by atoms with Crippen molar-refractivity contribution in [2.24, 2.45) is 0 Å². The number of H-pyrrole nitrogens is 1. The van der Waals surface area contributed by atoms with Crippen LogP contribution < -0.4 is 10.4 Å². The molecule has 0 fully saturated rings. The Morgan fingerprint density at radius 2 is 1.89 bits per heavy atom. The van der Waals surface area contributed by atoms with Gasteiger partial charge in [0.05, 0.1) is 11.9 Å². The molecule has 0 spiro atoms. The van der Waals surface area contributed by atoms with Gasteiger partial charge in [0.15, 0.2) is 17.2 Å². The lowest BCUT2D eigenvalue weighted by Crippen LogP contribution is -2.21. The number of nitrogens with one attached hydrogen (secondary N) is 1. The summed E-state index contributed by atoms with van der Waals surface area (Å²) in [4.78, 5) is 23.3. The second kappa shape index (κ2) is 6.41. The molecule has 0 aliphatic rings. The van der Waals surface area contributed by atoms with E-state index >= 15 is 0 Å². The van der Waals surface area contributed by atoms with Gasteiger partial charge in [-0.25, -0.2) is 19.3 Å². The molecule has 0 aliphatic carbocycles. The van der Waals surface area contributed by atoms with Gasteiger partial charge < -0.3 is 14.8 Å². The lowest BCUT2D eigenvalue weighted by molar-refractivity contribution is -0.274. The molecule has 10 heteroatoms. The van der Waals surface area contributed by atoms with Crippen LogP contribution in [0.4, 0.5) is 13.2 Å². The summed E-state index contributed by atoms with van der Waals surface area (Å²) in [5, 5.41) is 9.63. The van der Waals surface area contributed by atoms with E-state index < -0.39 is 17.8 Å². The lowest BCUT2D eigenvalue weighted by Gasteiger charge is -2.13. The summed E-state index contributed by atoms with van der Waals surface area (Å²) < 4.78 is 43.2. The number of nitrogens with zero attached hydrogens (tertiary/aromatic N) is 3. The minimum Gasteiger partial charge on any atom is -0.508 e. The summed E-state index contributed by atoms with van der Waals surface area (Å²) in [5.41, 5.74) is -0.0542. The highest BCUT2D eigenvalue weighted by Crippen LogP contribution is 2.30. The van der Waals surface area contributed by atoms with Gasteiger partial charge in [0, 0.05) is 5.56 Å². The number of aromatic nitrogens is 4. The second-order valence-corrected chi connectivity index (χ2v) is 5.76. The SMILES string of the molecule is O=c1[nH]c2cnc(-c3cccc(O)c3)nc2n1-c1ccccc1OC(F)(F)F. The van der Waals surface area contributed by atoms with E-state index in [1.807, 2.05) is 0 Å². The fraction of sp³-hybridized carbons (Fsp3) is 0.0556. The summed E-state index contributed by atoms with van der Waals surface area (Å²) in [6.07, 6.45) is -3.58. The van der Waals surface area contributed by atoms with E-state index in [2.05, 4.69) is 19.7 Å². The first-order valence-electron chi connectivity index (χ1n) is 7.94. The average Bonchev–Trinajstić information content (AvgIpc) is 2.96. The third-order valence-corrected chi connectivity index (χ3v) is 3.86. The topological polar surface area (TPSA) is 93.0 Å². The van der Waals surface area contributed by atoms with Crippen LogP contribution in [0.3, 0.4) is 0 Å². The van der Waals surface area contributed by atoms with Crippen LogP contribution in [0, 0.1) is 0 Å². The molecule has 2 aromatic heterocycles. The number of ether oxygens (including phenoxy) is 1. The number of aromatic amines is 1. The number of phenolic OH excluding ortho intramolecular Hbond substituents is 1. The number of benzene rings is 2. The van der Waals surface area contributed by atoms with E-state index in [4.69, 9.17) is 0 Å². The minimum atomic E-state index is -4.92. The van der Waals surface area contributed by atoms with E-state index in [1.165, 1.54) is 36.5 Å². The Balaban J connectivity index is 1.92. The molecule has 2 heterocycles. The number of fused-ring (bicyclic) bond motifs is 1. The monoisotopic (exact) mass is 388 g/mol. The summed E-state index contributed by atoms with van der Waals surface area (Å²) in [6.45, 7) is 0. The quantitative estimate of drug-likeness (QED) is 0.561. The van der Waals surface area contributed by atoms with Gasteiger partial charge in [0.1, 0.15) is 11.3 Å². The van der Waals surface area contributed by atoms with Crippen LogP contribution in [0.5, 0.6) is 11.5 Å². The molecular formula is C18H11F3N4O3. The Kier molecular flexibility index (Phi) is 4.03. The van der Waals surface area contributed by atoms with Crippen molar-refractivity contribution in [1.82, 2.24) is 19.5 Å². The van der Waals surface area contributed by atoms with Crippen molar-refractivity contribution >= 4 is 11.2 Å². The number of hydrogen-bond acceptors (Lipinski definition) is 5. The standard InChI is InChI=1S/C18H11F3N4O3/c19-18(20,21)28-14-7-2-1-6-13(14)25-16-12(23-17(25)27)9-22-15(24-16)10-4-3-5-11(26)8-10/h1-9,26H,(H,23,27). The number of imidazole rings is 1. The number of aromatic hydroxyl groups is 1. The van der Waals surface area contributed by atoms with Crippen molar-refractivity contribution in [1.29, 1.82) is 0 Å². The smallest absolute Gasteiger partial charge is 0.508 e. The van der Waals surface area contributed by atoms with Crippen LogP contribution in [0.2, 0.25) is 0 Å². The molecule has 7 nitrogen and oxygen atoms in total. The number of alkyl halides is 3. The number of rotatable bonds is 3. The van der Waals surface area contributed by atoms with Crippen molar-refractivity contribution < 1.29 is 23.0 Å².